The van der Waals surface area contributed by atoms with Crippen LogP contribution in [0.3, 0.4) is 0 Å². The molecule has 2 aromatic carbocycles. The Balaban J connectivity index is 1.32. The third-order valence-corrected chi connectivity index (χ3v) is 8.95. The summed E-state index contributed by atoms with van der Waals surface area (Å²) in [6.07, 6.45) is 3.53. The van der Waals surface area contributed by atoms with E-state index < -0.39 is 41.1 Å². The fourth-order valence-corrected chi connectivity index (χ4v) is 6.64. The zero-order valence-electron chi connectivity index (χ0n) is 24.6. The highest BCUT2D eigenvalue weighted by molar-refractivity contribution is 6.01. The van der Waals surface area contributed by atoms with Crippen molar-refractivity contribution in [3.05, 3.63) is 82.6 Å². The van der Waals surface area contributed by atoms with Gasteiger partial charge in [0, 0.05) is 32.3 Å². The normalized spacial score (nSPS) is 23.6. The van der Waals surface area contributed by atoms with Crippen LogP contribution in [0.5, 0.6) is 0 Å². The van der Waals surface area contributed by atoms with Crippen molar-refractivity contribution in [1.82, 2.24) is 20.4 Å². The molecule has 2 heterocycles. The number of hydrogen-bond acceptors (Lipinski definition) is 7. The molecule has 4 amide bonds. The first-order valence-corrected chi connectivity index (χ1v) is 14.6. The summed E-state index contributed by atoms with van der Waals surface area (Å²) in [6, 6.07) is 12.2. The Morgan fingerprint density at radius 3 is 2.45 bits per heavy atom. The molecule has 10 nitrogen and oxygen atoms in total. The van der Waals surface area contributed by atoms with Crippen LogP contribution in [0.4, 0.5) is 18.4 Å². The standard InChI is InChI=1S/C32H35F2N5O5/c1-43-18-26-27(29(40)44-2)28(20-8-11-24(33)25(34)16-20)39(31(42)37-26)30(41)36-22-9-10-23(17-22)38-14-12-32(19-35,13-15-38)21-6-4-3-5-7-21/h3-8,11,16,22-23,28H,9-10,12-15,17-18H2,1-2H3,(H,36,41)(H,37,42)/t22-,23?,28?/m1/s1. The first-order valence-electron chi connectivity index (χ1n) is 14.6. The molecule has 2 fully saturated rings. The molecular formula is C32H35F2N5O5. The number of nitrogens with zero attached hydrogens (tertiary/aromatic N) is 3. The summed E-state index contributed by atoms with van der Waals surface area (Å²) < 4.78 is 38.3. The number of piperidine rings is 1. The van der Waals surface area contributed by atoms with Crippen molar-refractivity contribution in [3.8, 4) is 6.07 Å². The largest absolute Gasteiger partial charge is 0.466 e. The number of methoxy groups -OCH3 is 2. The fourth-order valence-electron chi connectivity index (χ4n) is 6.64. The number of amides is 4. The molecule has 1 aliphatic carbocycles. The average molecular weight is 608 g/mol. The van der Waals surface area contributed by atoms with Crippen LogP contribution in [0.25, 0.3) is 0 Å². The van der Waals surface area contributed by atoms with Gasteiger partial charge in [-0.3, -0.25) is 0 Å². The van der Waals surface area contributed by atoms with E-state index in [1.165, 1.54) is 13.2 Å². The van der Waals surface area contributed by atoms with Crippen LogP contribution in [0.1, 0.15) is 49.3 Å². The van der Waals surface area contributed by atoms with Crippen LogP contribution in [0, 0.1) is 23.0 Å². The highest BCUT2D eigenvalue weighted by Crippen LogP contribution is 2.38. The molecule has 232 valence electrons. The van der Waals surface area contributed by atoms with Crippen LogP contribution in [0.2, 0.25) is 0 Å². The van der Waals surface area contributed by atoms with Crippen LogP contribution in [-0.2, 0) is 19.7 Å². The number of rotatable bonds is 7. The maximum Gasteiger partial charge on any atom is 0.338 e. The van der Waals surface area contributed by atoms with Gasteiger partial charge in [0.25, 0.3) is 0 Å². The average Bonchev–Trinajstić information content (AvgIpc) is 3.50. The number of hydrogen-bond donors (Lipinski definition) is 2. The van der Waals surface area contributed by atoms with Crippen LogP contribution in [0.15, 0.2) is 59.8 Å². The van der Waals surface area contributed by atoms with Gasteiger partial charge in [0.1, 0.15) is 6.04 Å². The third-order valence-electron chi connectivity index (χ3n) is 8.95. The van der Waals surface area contributed by atoms with E-state index in [4.69, 9.17) is 9.47 Å². The van der Waals surface area contributed by atoms with Gasteiger partial charge >= 0.3 is 18.0 Å². The van der Waals surface area contributed by atoms with Gasteiger partial charge in [0.05, 0.1) is 36.5 Å². The van der Waals surface area contributed by atoms with Gasteiger partial charge in [0.2, 0.25) is 0 Å². The molecule has 1 saturated carbocycles. The minimum atomic E-state index is -1.40. The first kappa shape index (κ1) is 31.1. The maximum atomic E-state index is 14.4. The van der Waals surface area contributed by atoms with Crippen molar-refractivity contribution in [3.63, 3.8) is 0 Å². The van der Waals surface area contributed by atoms with Gasteiger partial charge < -0.3 is 25.0 Å². The van der Waals surface area contributed by atoms with Gasteiger partial charge in [-0.1, -0.05) is 36.4 Å². The molecule has 3 aliphatic rings. The van der Waals surface area contributed by atoms with Gasteiger partial charge in [0.15, 0.2) is 11.6 Å². The predicted octanol–water partition coefficient (Wildman–Crippen LogP) is 4.29. The van der Waals surface area contributed by atoms with Crippen LogP contribution in [-0.4, -0.2) is 73.8 Å². The Morgan fingerprint density at radius 2 is 1.82 bits per heavy atom. The van der Waals surface area contributed by atoms with Gasteiger partial charge in [-0.25, -0.2) is 28.1 Å². The second-order valence-electron chi connectivity index (χ2n) is 11.4. The number of carbonyl (C=O) groups excluding carboxylic acids is 3. The maximum absolute atomic E-state index is 14.4. The minimum absolute atomic E-state index is 0.0138. The molecule has 2 aliphatic heterocycles. The highest BCUT2D eigenvalue weighted by atomic mass is 19.2. The number of nitriles is 1. The monoisotopic (exact) mass is 607 g/mol. The number of imide groups is 1. The van der Waals surface area contributed by atoms with Crippen molar-refractivity contribution < 1.29 is 32.6 Å². The topological polar surface area (TPSA) is 124 Å². The van der Waals surface area contributed by atoms with Crippen molar-refractivity contribution >= 4 is 18.0 Å². The Kier molecular flexibility index (Phi) is 9.27. The van der Waals surface area contributed by atoms with Crippen molar-refractivity contribution in [2.75, 3.05) is 33.9 Å². The second kappa shape index (κ2) is 13.1. The zero-order valence-corrected chi connectivity index (χ0v) is 24.6. The lowest BCUT2D eigenvalue weighted by Gasteiger charge is -2.40. The molecule has 12 heteroatoms. The smallest absolute Gasteiger partial charge is 0.338 e. The molecule has 5 rings (SSSR count). The van der Waals surface area contributed by atoms with E-state index in [2.05, 4.69) is 21.6 Å². The first-order chi connectivity index (χ1) is 21.2. The molecule has 0 aromatic heterocycles. The number of nitrogens with one attached hydrogen (secondary N) is 2. The summed E-state index contributed by atoms with van der Waals surface area (Å²) in [7, 11) is 2.50. The van der Waals surface area contributed by atoms with Crippen molar-refractivity contribution in [2.24, 2.45) is 0 Å². The molecule has 0 spiro atoms. The van der Waals surface area contributed by atoms with Gasteiger partial charge in [-0.05, 0) is 55.4 Å². The van der Waals surface area contributed by atoms with E-state index in [0.29, 0.717) is 25.7 Å². The van der Waals surface area contributed by atoms with Gasteiger partial charge in [-0.15, -0.1) is 0 Å². The number of benzene rings is 2. The number of urea groups is 2. The molecule has 44 heavy (non-hydrogen) atoms. The summed E-state index contributed by atoms with van der Waals surface area (Å²) in [5.41, 5.74) is 0.445. The molecule has 0 radical (unpaired) electrons. The number of ether oxygens (including phenoxy) is 2. The van der Waals surface area contributed by atoms with Crippen LogP contribution >= 0.6 is 0 Å². The summed E-state index contributed by atoms with van der Waals surface area (Å²) in [4.78, 5) is 43.1. The van der Waals surface area contributed by atoms with E-state index in [9.17, 15) is 28.4 Å². The highest BCUT2D eigenvalue weighted by Gasteiger charge is 2.45. The molecule has 2 unspecified atom stereocenters. The zero-order chi connectivity index (χ0) is 31.4. The third kappa shape index (κ3) is 6.02. The van der Waals surface area contributed by atoms with Crippen molar-refractivity contribution in [2.45, 2.75) is 55.6 Å². The molecular weight excluding hydrogens is 572 g/mol. The van der Waals surface area contributed by atoms with Crippen molar-refractivity contribution in [1.29, 1.82) is 5.26 Å². The number of esters is 1. The molecule has 3 atom stereocenters. The Bertz CT molecular complexity index is 1490. The molecule has 0 bridgehead atoms. The predicted molar refractivity (Wildman–Crippen MR) is 155 cm³/mol. The second-order valence-corrected chi connectivity index (χ2v) is 11.4. The number of carbonyl (C=O) groups is 3. The van der Waals surface area contributed by atoms with E-state index >= 15 is 0 Å². The van der Waals surface area contributed by atoms with Crippen LogP contribution < -0.4 is 10.6 Å². The summed E-state index contributed by atoms with van der Waals surface area (Å²) >= 11 is 0. The van der Waals surface area contributed by atoms with Gasteiger partial charge in [-0.2, -0.15) is 5.26 Å². The van der Waals surface area contributed by atoms with E-state index in [1.807, 2.05) is 30.3 Å². The fraction of sp³-hybridized carbons (Fsp3) is 0.438. The number of halogens is 2. The SMILES string of the molecule is COCC1=C(C(=O)OC)C(c2ccc(F)c(F)c2)N(C(=O)N[C@@H]2CCC(N3CCC(C#N)(c4ccccc4)CC3)C2)C(=O)N1. The summed E-state index contributed by atoms with van der Waals surface area (Å²) in [6.45, 7) is 1.30. The van der Waals surface area contributed by atoms with E-state index in [0.717, 1.165) is 49.2 Å². The lowest BCUT2D eigenvalue weighted by Crippen LogP contribution is -2.56. The van der Waals surface area contributed by atoms with E-state index in [1.54, 1.807) is 0 Å². The molecule has 2 aromatic rings. The summed E-state index contributed by atoms with van der Waals surface area (Å²) in [5, 5.41) is 15.5. The minimum Gasteiger partial charge on any atom is -0.466 e. The Morgan fingerprint density at radius 1 is 1.09 bits per heavy atom. The quantitative estimate of drug-likeness (QED) is 0.450. The lowest BCUT2D eigenvalue weighted by atomic mass is 9.74. The molecule has 2 N–H and O–H groups in total. The molecule has 1 saturated heterocycles. The lowest BCUT2D eigenvalue weighted by molar-refractivity contribution is -0.137. The summed E-state index contributed by atoms with van der Waals surface area (Å²) in [5.74, 6) is -3.17. The Hall–Kier alpha value is -4.34. The van der Waals surface area contributed by atoms with E-state index in [-0.39, 0.29) is 35.5 Å². The number of likely N-dealkylation sites (tertiary alicyclic amines) is 1. The Labute approximate surface area is 254 Å².